The van der Waals surface area contributed by atoms with Crippen molar-refractivity contribution in [2.75, 3.05) is 20.1 Å². The summed E-state index contributed by atoms with van der Waals surface area (Å²) in [6.07, 6.45) is 4.09. The van der Waals surface area contributed by atoms with E-state index < -0.39 is 0 Å². The number of nitrogens with zero attached hydrogens (tertiary/aromatic N) is 1. The molecule has 116 valence electrons. The smallest absolute Gasteiger partial charge is 0.222 e. The van der Waals surface area contributed by atoms with Crippen molar-refractivity contribution in [1.82, 2.24) is 10.2 Å². The van der Waals surface area contributed by atoms with E-state index in [9.17, 15) is 4.79 Å². The van der Waals surface area contributed by atoms with Gasteiger partial charge in [0.05, 0.1) is 6.04 Å². The monoisotopic (exact) mass is 308 g/mol. The van der Waals surface area contributed by atoms with Gasteiger partial charge in [0.1, 0.15) is 0 Å². The molecule has 1 fully saturated rings. The molecule has 1 heterocycles. The molecule has 2 rings (SSSR count). The van der Waals surface area contributed by atoms with Crippen LogP contribution >= 0.6 is 11.6 Å². The Hall–Kier alpha value is -1.06. The summed E-state index contributed by atoms with van der Waals surface area (Å²) in [6.45, 7) is 4.22. The lowest BCUT2D eigenvalue weighted by molar-refractivity contribution is -0.132. The fourth-order valence-corrected chi connectivity index (χ4v) is 3.08. The molecule has 2 atom stereocenters. The lowest BCUT2D eigenvalue weighted by Crippen LogP contribution is -2.33. The van der Waals surface area contributed by atoms with Crippen LogP contribution in [0.15, 0.2) is 24.3 Å². The average Bonchev–Trinajstić information content (AvgIpc) is 2.52. The Morgan fingerprint density at radius 1 is 1.52 bits per heavy atom. The van der Waals surface area contributed by atoms with Crippen molar-refractivity contribution in [1.29, 1.82) is 0 Å². The minimum absolute atomic E-state index is 0.0562. The Morgan fingerprint density at radius 2 is 2.33 bits per heavy atom. The highest BCUT2D eigenvalue weighted by Gasteiger charge is 2.20. The predicted molar refractivity (Wildman–Crippen MR) is 87.5 cm³/mol. The highest BCUT2D eigenvalue weighted by atomic mass is 35.5. The Kier molecular flexibility index (Phi) is 6.07. The van der Waals surface area contributed by atoms with Crippen LogP contribution in [0.4, 0.5) is 0 Å². The third-order valence-corrected chi connectivity index (χ3v) is 4.71. The van der Waals surface area contributed by atoms with E-state index >= 15 is 0 Å². The normalized spacial score (nSPS) is 20.0. The molecule has 1 aromatic carbocycles. The third-order valence-electron chi connectivity index (χ3n) is 4.47. The molecule has 0 radical (unpaired) electrons. The van der Waals surface area contributed by atoms with Gasteiger partial charge in [0.15, 0.2) is 0 Å². The SMILES string of the molecule is CC(c1cccc(Cl)c1)N(C)C(=O)CCC1CCCNC1. The van der Waals surface area contributed by atoms with E-state index in [0.29, 0.717) is 17.4 Å². The second-order valence-electron chi connectivity index (χ2n) is 5.99. The fourth-order valence-electron chi connectivity index (χ4n) is 2.88. The van der Waals surface area contributed by atoms with E-state index in [-0.39, 0.29) is 11.9 Å². The second kappa shape index (κ2) is 7.81. The lowest BCUT2D eigenvalue weighted by Gasteiger charge is -2.27. The first-order chi connectivity index (χ1) is 10.1. The molecule has 4 heteroatoms. The van der Waals surface area contributed by atoms with Crippen LogP contribution in [0, 0.1) is 5.92 Å². The van der Waals surface area contributed by atoms with Gasteiger partial charge in [0.25, 0.3) is 0 Å². The van der Waals surface area contributed by atoms with Gasteiger partial charge in [-0.1, -0.05) is 23.7 Å². The Labute approximate surface area is 132 Å². The minimum atomic E-state index is 0.0562. The number of carbonyl (C=O) groups excluding carboxylic acids is 1. The van der Waals surface area contributed by atoms with E-state index in [0.717, 1.165) is 25.1 Å². The third kappa shape index (κ3) is 4.72. The minimum Gasteiger partial charge on any atom is -0.339 e. The maximum atomic E-state index is 12.4. The van der Waals surface area contributed by atoms with Crippen molar-refractivity contribution in [3.05, 3.63) is 34.9 Å². The highest BCUT2D eigenvalue weighted by Crippen LogP contribution is 2.23. The van der Waals surface area contributed by atoms with Crippen molar-refractivity contribution in [3.63, 3.8) is 0 Å². The van der Waals surface area contributed by atoms with Gasteiger partial charge < -0.3 is 10.2 Å². The molecule has 0 bridgehead atoms. The van der Waals surface area contributed by atoms with E-state index in [1.54, 1.807) is 0 Å². The molecule has 3 nitrogen and oxygen atoms in total. The van der Waals surface area contributed by atoms with Crippen molar-refractivity contribution >= 4 is 17.5 Å². The zero-order valence-corrected chi connectivity index (χ0v) is 13.7. The largest absolute Gasteiger partial charge is 0.339 e. The molecule has 1 aliphatic rings. The zero-order chi connectivity index (χ0) is 15.2. The summed E-state index contributed by atoms with van der Waals surface area (Å²) in [5.74, 6) is 0.866. The number of nitrogens with one attached hydrogen (secondary N) is 1. The number of benzene rings is 1. The van der Waals surface area contributed by atoms with Crippen LogP contribution in [0.5, 0.6) is 0 Å². The van der Waals surface area contributed by atoms with Crippen LogP contribution < -0.4 is 5.32 Å². The maximum Gasteiger partial charge on any atom is 0.222 e. The summed E-state index contributed by atoms with van der Waals surface area (Å²) in [4.78, 5) is 14.2. The van der Waals surface area contributed by atoms with Gasteiger partial charge in [-0.15, -0.1) is 0 Å². The summed E-state index contributed by atoms with van der Waals surface area (Å²) in [6, 6.07) is 7.79. The standard InChI is InChI=1S/C17H25ClN2O/c1-13(15-6-3-7-16(18)11-15)20(2)17(21)9-8-14-5-4-10-19-12-14/h3,6-7,11,13-14,19H,4-5,8-10,12H2,1-2H3. The van der Waals surface area contributed by atoms with Gasteiger partial charge in [-0.2, -0.15) is 0 Å². The number of hydrogen-bond donors (Lipinski definition) is 1. The maximum absolute atomic E-state index is 12.4. The van der Waals surface area contributed by atoms with Crippen LogP contribution in [-0.2, 0) is 4.79 Å². The topological polar surface area (TPSA) is 32.3 Å². The fraction of sp³-hybridized carbons (Fsp3) is 0.588. The van der Waals surface area contributed by atoms with Crippen LogP contribution in [0.1, 0.15) is 44.2 Å². The van der Waals surface area contributed by atoms with E-state index in [4.69, 9.17) is 11.6 Å². The van der Waals surface area contributed by atoms with Gasteiger partial charge in [-0.05, 0) is 62.9 Å². The van der Waals surface area contributed by atoms with E-state index in [2.05, 4.69) is 5.32 Å². The molecule has 1 amide bonds. The predicted octanol–water partition coefficient (Wildman–Crippen LogP) is 3.64. The van der Waals surface area contributed by atoms with Crippen LogP contribution in [0.25, 0.3) is 0 Å². The molecule has 1 aliphatic heterocycles. The summed E-state index contributed by atoms with van der Waals surface area (Å²) >= 11 is 6.03. The number of piperidine rings is 1. The molecule has 21 heavy (non-hydrogen) atoms. The number of hydrogen-bond acceptors (Lipinski definition) is 2. The molecule has 2 unspecified atom stereocenters. The molecule has 0 saturated carbocycles. The number of carbonyl (C=O) groups is 1. The van der Waals surface area contributed by atoms with Crippen LogP contribution in [-0.4, -0.2) is 30.9 Å². The molecule has 1 aromatic rings. The molecule has 0 spiro atoms. The van der Waals surface area contributed by atoms with Gasteiger partial charge in [-0.3, -0.25) is 4.79 Å². The lowest BCUT2D eigenvalue weighted by atomic mass is 9.94. The van der Waals surface area contributed by atoms with Crippen molar-refractivity contribution in [2.24, 2.45) is 5.92 Å². The van der Waals surface area contributed by atoms with Gasteiger partial charge in [-0.25, -0.2) is 0 Å². The van der Waals surface area contributed by atoms with Crippen LogP contribution in [0.3, 0.4) is 0 Å². The molecule has 0 aliphatic carbocycles. The number of amides is 1. The first-order valence-corrected chi connectivity index (χ1v) is 8.17. The zero-order valence-electron chi connectivity index (χ0n) is 12.9. The van der Waals surface area contributed by atoms with Gasteiger partial charge in [0, 0.05) is 18.5 Å². The molecule has 1 saturated heterocycles. The first kappa shape index (κ1) is 16.3. The summed E-state index contributed by atoms with van der Waals surface area (Å²) in [5.41, 5.74) is 1.08. The van der Waals surface area contributed by atoms with E-state index in [1.165, 1.54) is 12.8 Å². The first-order valence-electron chi connectivity index (χ1n) is 7.79. The summed E-state index contributed by atoms with van der Waals surface area (Å²) in [5, 5.41) is 4.12. The highest BCUT2D eigenvalue weighted by molar-refractivity contribution is 6.30. The molecular formula is C17H25ClN2O. The molecule has 1 N–H and O–H groups in total. The van der Waals surface area contributed by atoms with Crippen molar-refractivity contribution in [2.45, 2.75) is 38.6 Å². The van der Waals surface area contributed by atoms with Gasteiger partial charge in [0.2, 0.25) is 5.91 Å². The van der Waals surface area contributed by atoms with Crippen molar-refractivity contribution < 1.29 is 4.79 Å². The van der Waals surface area contributed by atoms with Crippen LogP contribution in [0.2, 0.25) is 5.02 Å². The Balaban J connectivity index is 1.86. The van der Waals surface area contributed by atoms with Crippen molar-refractivity contribution in [3.8, 4) is 0 Å². The molecular weight excluding hydrogens is 284 g/mol. The number of rotatable bonds is 5. The average molecular weight is 309 g/mol. The van der Waals surface area contributed by atoms with Gasteiger partial charge >= 0.3 is 0 Å². The summed E-state index contributed by atoms with van der Waals surface area (Å²) in [7, 11) is 1.88. The van der Waals surface area contributed by atoms with E-state index in [1.807, 2.05) is 43.1 Å². The second-order valence-corrected chi connectivity index (χ2v) is 6.42. The Morgan fingerprint density at radius 3 is 3.00 bits per heavy atom. The molecule has 0 aromatic heterocycles. The quantitative estimate of drug-likeness (QED) is 0.900. The number of halogens is 1. The Bertz CT molecular complexity index is 472. The summed E-state index contributed by atoms with van der Waals surface area (Å²) < 4.78 is 0.